The summed E-state index contributed by atoms with van der Waals surface area (Å²) >= 11 is 0. The van der Waals surface area contributed by atoms with Crippen LogP contribution in [0.3, 0.4) is 0 Å². The van der Waals surface area contributed by atoms with Crippen molar-refractivity contribution in [3.05, 3.63) is 0 Å². The summed E-state index contributed by atoms with van der Waals surface area (Å²) in [6.07, 6.45) is 3.50. The van der Waals surface area contributed by atoms with E-state index in [-0.39, 0.29) is 0 Å². The molecule has 4 heteroatoms. The van der Waals surface area contributed by atoms with Crippen LogP contribution in [0.4, 0.5) is 0 Å². The maximum atomic E-state index is 9.69. The molecular weight excluding hydrogens is 264 g/mol. The first-order chi connectivity index (χ1) is 10.1. The smallest absolute Gasteiger partial charge is 0.0589 e. The minimum atomic E-state index is 0.299. The minimum absolute atomic E-state index is 0.299. The lowest BCUT2D eigenvalue weighted by Crippen LogP contribution is -2.50. The van der Waals surface area contributed by atoms with E-state index < -0.39 is 0 Å². The Labute approximate surface area is 130 Å². The van der Waals surface area contributed by atoms with E-state index in [1.165, 1.54) is 6.42 Å². The van der Waals surface area contributed by atoms with Gasteiger partial charge in [-0.2, -0.15) is 0 Å². The number of likely N-dealkylation sites (tertiary alicyclic amines) is 1. The average molecular weight is 298 g/mol. The SMILES string of the molecule is CC(C)CNCC1(CN2CCC(C)C2CO)CCOCC1. The van der Waals surface area contributed by atoms with E-state index in [1.807, 2.05) is 0 Å². The maximum absolute atomic E-state index is 9.69. The fourth-order valence-electron chi connectivity index (χ4n) is 3.83. The molecule has 0 radical (unpaired) electrons. The van der Waals surface area contributed by atoms with E-state index in [0.717, 1.165) is 52.2 Å². The summed E-state index contributed by atoms with van der Waals surface area (Å²) in [5.41, 5.74) is 0.324. The number of nitrogens with zero attached hydrogens (tertiary/aromatic N) is 1. The van der Waals surface area contributed by atoms with Crippen molar-refractivity contribution in [3.8, 4) is 0 Å². The molecule has 0 aromatic rings. The predicted octanol–water partition coefficient (Wildman–Crippen LogP) is 1.73. The number of aliphatic hydroxyl groups excluding tert-OH is 1. The van der Waals surface area contributed by atoms with Crippen LogP contribution in [0.15, 0.2) is 0 Å². The Kier molecular flexibility index (Phi) is 6.48. The van der Waals surface area contributed by atoms with Gasteiger partial charge in [-0.1, -0.05) is 20.8 Å². The van der Waals surface area contributed by atoms with Gasteiger partial charge in [-0.25, -0.2) is 0 Å². The Morgan fingerprint density at radius 1 is 1.33 bits per heavy atom. The molecular formula is C17H34N2O2. The second-order valence-electron chi connectivity index (χ2n) is 7.62. The van der Waals surface area contributed by atoms with E-state index in [2.05, 4.69) is 31.0 Å². The van der Waals surface area contributed by atoms with E-state index in [9.17, 15) is 5.11 Å². The van der Waals surface area contributed by atoms with E-state index in [1.54, 1.807) is 0 Å². The third kappa shape index (κ3) is 4.65. The van der Waals surface area contributed by atoms with Gasteiger partial charge in [-0.15, -0.1) is 0 Å². The first-order valence-corrected chi connectivity index (χ1v) is 8.70. The second kappa shape index (κ2) is 7.91. The Morgan fingerprint density at radius 3 is 2.67 bits per heavy atom. The van der Waals surface area contributed by atoms with E-state index >= 15 is 0 Å². The molecule has 0 saturated carbocycles. The van der Waals surface area contributed by atoms with Gasteiger partial charge in [-0.05, 0) is 49.6 Å². The maximum Gasteiger partial charge on any atom is 0.0589 e. The van der Waals surface area contributed by atoms with Crippen LogP contribution in [-0.2, 0) is 4.74 Å². The highest BCUT2D eigenvalue weighted by molar-refractivity contribution is 4.92. The molecule has 2 saturated heterocycles. The molecule has 0 aliphatic carbocycles. The van der Waals surface area contributed by atoms with E-state index in [0.29, 0.717) is 29.9 Å². The lowest BCUT2D eigenvalue weighted by Gasteiger charge is -2.42. The highest BCUT2D eigenvalue weighted by atomic mass is 16.5. The van der Waals surface area contributed by atoms with Crippen LogP contribution in [0.5, 0.6) is 0 Å². The molecule has 0 aromatic carbocycles. The van der Waals surface area contributed by atoms with Gasteiger partial charge in [0.2, 0.25) is 0 Å². The van der Waals surface area contributed by atoms with Crippen molar-refractivity contribution in [2.75, 3.05) is 46.0 Å². The Morgan fingerprint density at radius 2 is 2.05 bits per heavy atom. The summed E-state index contributed by atoms with van der Waals surface area (Å²) in [4.78, 5) is 2.53. The van der Waals surface area contributed by atoms with Gasteiger partial charge >= 0.3 is 0 Å². The average Bonchev–Trinajstić information content (AvgIpc) is 2.79. The molecule has 21 heavy (non-hydrogen) atoms. The van der Waals surface area contributed by atoms with Crippen LogP contribution in [0.25, 0.3) is 0 Å². The zero-order valence-electron chi connectivity index (χ0n) is 14.1. The van der Waals surface area contributed by atoms with Crippen molar-refractivity contribution in [2.24, 2.45) is 17.3 Å². The Balaban J connectivity index is 1.95. The molecule has 4 nitrogen and oxygen atoms in total. The van der Waals surface area contributed by atoms with Gasteiger partial charge in [0.15, 0.2) is 0 Å². The monoisotopic (exact) mass is 298 g/mol. The molecule has 0 amide bonds. The third-order valence-corrected chi connectivity index (χ3v) is 5.33. The predicted molar refractivity (Wildman–Crippen MR) is 86.4 cm³/mol. The standard InChI is InChI=1S/C17H34N2O2/c1-14(2)10-18-12-17(5-8-21-9-6-17)13-19-7-4-15(3)16(19)11-20/h14-16,18,20H,4-13H2,1-3H3. The lowest BCUT2D eigenvalue weighted by molar-refractivity contribution is -0.0121. The van der Waals surface area contributed by atoms with Crippen LogP contribution in [0.2, 0.25) is 0 Å². The lowest BCUT2D eigenvalue weighted by atomic mass is 9.79. The van der Waals surface area contributed by atoms with Crippen molar-refractivity contribution >= 4 is 0 Å². The Bertz CT molecular complexity index is 303. The number of ether oxygens (including phenoxy) is 1. The molecule has 2 heterocycles. The summed E-state index contributed by atoms with van der Waals surface area (Å²) in [7, 11) is 0. The van der Waals surface area contributed by atoms with E-state index in [4.69, 9.17) is 4.74 Å². The fraction of sp³-hybridized carbons (Fsp3) is 1.00. The highest BCUT2D eigenvalue weighted by Gasteiger charge is 2.39. The molecule has 0 aromatic heterocycles. The van der Waals surface area contributed by atoms with Crippen molar-refractivity contribution in [3.63, 3.8) is 0 Å². The quantitative estimate of drug-likeness (QED) is 0.751. The van der Waals surface area contributed by atoms with Gasteiger partial charge in [-0.3, -0.25) is 4.90 Å². The summed E-state index contributed by atoms with van der Waals surface area (Å²) in [5, 5.41) is 13.4. The van der Waals surface area contributed by atoms with Crippen LogP contribution in [0.1, 0.15) is 40.0 Å². The summed E-state index contributed by atoms with van der Waals surface area (Å²) in [5.74, 6) is 1.31. The topological polar surface area (TPSA) is 44.7 Å². The number of hydrogen-bond acceptors (Lipinski definition) is 4. The molecule has 2 atom stereocenters. The number of rotatable bonds is 7. The van der Waals surface area contributed by atoms with Crippen molar-refractivity contribution in [1.29, 1.82) is 0 Å². The first-order valence-electron chi connectivity index (χ1n) is 8.70. The van der Waals surface area contributed by atoms with Crippen LogP contribution < -0.4 is 5.32 Å². The van der Waals surface area contributed by atoms with Crippen molar-refractivity contribution in [2.45, 2.75) is 46.1 Å². The zero-order valence-corrected chi connectivity index (χ0v) is 14.1. The molecule has 2 unspecified atom stereocenters. The second-order valence-corrected chi connectivity index (χ2v) is 7.62. The van der Waals surface area contributed by atoms with Gasteiger partial charge in [0, 0.05) is 32.3 Å². The summed E-state index contributed by atoms with van der Waals surface area (Å²) in [6, 6.07) is 0.356. The third-order valence-electron chi connectivity index (χ3n) is 5.33. The van der Waals surface area contributed by atoms with Gasteiger partial charge in [0.25, 0.3) is 0 Å². The number of hydrogen-bond donors (Lipinski definition) is 2. The first kappa shape index (κ1) is 17.2. The number of nitrogens with one attached hydrogen (secondary N) is 1. The molecule has 2 N–H and O–H groups in total. The van der Waals surface area contributed by atoms with Crippen LogP contribution >= 0.6 is 0 Å². The zero-order chi connectivity index (χ0) is 15.3. The summed E-state index contributed by atoms with van der Waals surface area (Å²) < 4.78 is 5.60. The molecule has 0 bridgehead atoms. The van der Waals surface area contributed by atoms with Crippen molar-refractivity contribution < 1.29 is 9.84 Å². The molecule has 2 fully saturated rings. The minimum Gasteiger partial charge on any atom is -0.395 e. The van der Waals surface area contributed by atoms with Crippen LogP contribution in [-0.4, -0.2) is 62.0 Å². The van der Waals surface area contributed by atoms with Gasteiger partial charge in [0.1, 0.15) is 0 Å². The van der Waals surface area contributed by atoms with Gasteiger partial charge < -0.3 is 15.2 Å². The molecule has 124 valence electrons. The normalized spacial score (nSPS) is 30.1. The molecule has 2 aliphatic rings. The Hall–Kier alpha value is -0.160. The largest absolute Gasteiger partial charge is 0.395 e. The van der Waals surface area contributed by atoms with Crippen LogP contribution in [0, 0.1) is 17.3 Å². The van der Waals surface area contributed by atoms with Gasteiger partial charge in [0.05, 0.1) is 6.61 Å². The van der Waals surface area contributed by atoms with Crippen molar-refractivity contribution in [1.82, 2.24) is 10.2 Å². The number of aliphatic hydroxyl groups is 1. The molecule has 2 aliphatic heterocycles. The fourth-order valence-corrected chi connectivity index (χ4v) is 3.83. The summed E-state index contributed by atoms with van der Waals surface area (Å²) in [6.45, 7) is 13.3. The highest BCUT2D eigenvalue weighted by Crippen LogP contribution is 2.34. The molecule has 2 rings (SSSR count). The molecule has 0 spiro atoms.